The lowest BCUT2D eigenvalue weighted by atomic mass is 10.0. The van der Waals surface area contributed by atoms with Crippen molar-refractivity contribution in [2.24, 2.45) is 11.5 Å². The van der Waals surface area contributed by atoms with Gasteiger partial charge in [-0.15, -0.1) is 0 Å². The van der Waals surface area contributed by atoms with Gasteiger partial charge in [0.25, 0.3) is 5.91 Å². The third kappa shape index (κ3) is 6.48. The van der Waals surface area contributed by atoms with Gasteiger partial charge in [0.2, 0.25) is 5.91 Å². The normalized spacial score (nSPS) is 13.8. The molecule has 1 aromatic carbocycles. The van der Waals surface area contributed by atoms with Crippen LogP contribution in [0.15, 0.2) is 18.2 Å². The number of anilines is 1. The predicted octanol–water partition coefficient (Wildman–Crippen LogP) is -0.963. The van der Waals surface area contributed by atoms with Gasteiger partial charge in [-0.1, -0.05) is 18.9 Å². The first-order chi connectivity index (χ1) is 13.8. The molecule has 29 heavy (non-hydrogen) atoms. The molecule has 1 aliphatic rings. The number of fused-ring (bicyclic) bond motifs is 1. The van der Waals surface area contributed by atoms with Crippen LogP contribution in [-0.2, 0) is 16.0 Å². The number of nitrogens with two attached hydrogens (primary N) is 2. The molecule has 0 atom stereocenters. The number of aliphatic carboxylic acids is 1. The fraction of sp³-hybridized carbons (Fsp3) is 0.500. The van der Waals surface area contributed by atoms with Crippen molar-refractivity contribution in [2.45, 2.75) is 38.5 Å². The van der Waals surface area contributed by atoms with E-state index in [-0.39, 0.29) is 37.3 Å². The summed E-state index contributed by atoms with van der Waals surface area (Å²) in [5.41, 5.74) is 12.7. The molecule has 158 valence electrons. The Morgan fingerprint density at radius 2 is 1.90 bits per heavy atom. The zero-order valence-electron chi connectivity index (χ0n) is 16.8. The molecule has 0 aromatic heterocycles. The second-order valence-corrected chi connectivity index (χ2v) is 7.22. The molecule has 1 aliphatic heterocycles. The highest BCUT2D eigenvalue weighted by Crippen LogP contribution is 2.26. The van der Waals surface area contributed by atoms with Gasteiger partial charge in [-0.25, -0.2) is 0 Å². The van der Waals surface area contributed by atoms with Gasteiger partial charge in [0, 0.05) is 13.6 Å². The molecule has 0 aliphatic carbocycles. The largest absolute Gasteiger partial charge is 0.481 e. The van der Waals surface area contributed by atoms with Gasteiger partial charge in [0.1, 0.15) is 6.54 Å². The van der Waals surface area contributed by atoms with Crippen molar-refractivity contribution >= 4 is 29.4 Å². The van der Waals surface area contributed by atoms with Gasteiger partial charge in [-0.2, -0.15) is 0 Å². The number of amides is 2. The van der Waals surface area contributed by atoms with Gasteiger partial charge >= 0.3 is 11.9 Å². The Bertz CT molecular complexity index is 789. The molecule has 0 unspecified atom stereocenters. The number of hydrogen-bond acceptors (Lipinski definition) is 3. The Kier molecular flexibility index (Phi) is 7.99. The molecule has 9 nitrogen and oxygen atoms in total. The number of nitrogens with zero attached hydrogens (tertiary/aromatic N) is 2. The summed E-state index contributed by atoms with van der Waals surface area (Å²) in [5, 5.41) is 8.91. The molecule has 2 rings (SSSR count). The maximum Gasteiger partial charge on any atom is 0.338 e. The summed E-state index contributed by atoms with van der Waals surface area (Å²) in [6.07, 6.45) is 4.68. The van der Waals surface area contributed by atoms with E-state index in [0.29, 0.717) is 11.3 Å². The Balaban J connectivity index is 2.02. The van der Waals surface area contributed by atoms with Crippen molar-refractivity contribution in [1.29, 1.82) is 0 Å². The Morgan fingerprint density at radius 1 is 1.17 bits per heavy atom. The summed E-state index contributed by atoms with van der Waals surface area (Å²) in [7, 11) is 1.63. The highest BCUT2D eigenvalue weighted by Gasteiger charge is 2.30. The van der Waals surface area contributed by atoms with Crippen LogP contribution in [-0.4, -0.2) is 60.4 Å². The third-order valence-electron chi connectivity index (χ3n) is 4.96. The lowest BCUT2D eigenvalue weighted by Crippen LogP contribution is -2.78. The number of carboxylic acid groups (broad SMARTS) is 1. The molecular weight excluding hydrogens is 374 g/mol. The molecule has 6 N–H and O–H groups in total. The second kappa shape index (κ2) is 10.4. The lowest BCUT2D eigenvalue weighted by Gasteiger charge is -2.19. The van der Waals surface area contributed by atoms with E-state index in [2.05, 4.69) is 4.99 Å². The first kappa shape index (κ1) is 22.2. The molecule has 0 saturated carbocycles. The number of rotatable bonds is 10. The van der Waals surface area contributed by atoms with Gasteiger partial charge in [-0.05, 0) is 37.0 Å². The van der Waals surface area contributed by atoms with Gasteiger partial charge in [-0.3, -0.25) is 30.8 Å². The van der Waals surface area contributed by atoms with E-state index >= 15 is 0 Å². The van der Waals surface area contributed by atoms with Crippen LogP contribution in [0.25, 0.3) is 0 Å². The smallest absolute Gasteiger partial charge is 0.338 e. The van der Waals surface area contributed by atoms with E-state index in [9.17, 15) is 14.4 Å². The van der Waals surface area contributed by atoms with Crippen LogP contribution in [0.5, 0.6) is 0 Å². The van der Waals surface area contributed by atoms with E-state index in [4.69, 9.17) is 16.6 Å². The predicted molar refractivity (Wildman–Crippen MR) is 109 cm³/mol. The first-order valence-corrected chi connectivity index (χ1v) is 9.82. The molecule has 0 fully saturated rings. The SMILES string of the molecule is CN1C(=O)CN(CCC(=O)O)C(=O)c2cc(CCCCCC[NH+]=C(N)N)ccc21. The number of hydrogen-bond donors (Lipinski definition) is 4. The van der Waals surface area contributed by atoms with Gasteiger partial charge in [0.05, 0.1) is 24.2 Å². The zero-order valence-corrected chi connectivity index (χ0v) is 16.8. The molecule has 0 spiro atoms. The number of nitrogens with one attached hydrogen (secondary N) is 1. The molecule has 9 heteroatoms. The molecule has 1 heterocycles. The zero-order chi connectivity index (χ0) is 21.4. The number of unbranched alkanes of at least 4 members (excludes halogenated alkanes) is 3. The fourth-order valence-electron chi connectivity index (χ4n) is 3.30. The highest BCUT2D eigenvalue weighted by atomic mass is 16.4. The monoisotopic (exact) mass is 404 g/mol. The van der Waals surface area contributed by atoms with Crippen molar-refractivity contribution in [2.75, 3.05) is 31.6 Å². The number of aryl methyl sites for hydroxylation is 1. The van der Waals surface area contributed by atoms with Crippen molar-refractivity contribution < 1.29 is 24.5 Å². The minimum atomic E-state index is -1.00. The maximum absolute atomic E-state index is 12.9. The van der Waals surface area contributed by atoms with Crippen molar-refractivity contribution in [3.8, 4) is 0 Å². The van der Waals surface area contributed by atoms with Gasteiger partial charge < -0.3 is 14.9 Å². The van der Waals surface area contributed by atoms with Crippen molar-refractivity contribution in [3.63, 3.8) is 0 Å². The minimum Gasteiger partial charge on any atom is -0.481 e. The number of carboxylic acids is 1. The van der Waals surface area contributed by atoms with Crippen LogP contribution in [0.4, 0.5) is 5.69 Å². The molecule has 0 bridgehead atoms. The summed E-state index contributed by atoms with van der Waals surface area (Å²) in [6.45, 7) is 0.643. The molecular formula is C20H30N5O4+. The number of guanidine groups is 1. The number of carbonyl (C=O) groups is 3. The molecule has 2 amide bonds. The Labute approximate surface area is 170 Å². The maximum atomic E-state index is 12.9. The van der Waals surface area contributed by atoms with E-state index in [1.54, 1.807) is 13.1 Å². The summed E-state index contributed by atoms with van der Waals surface area (Å²) in [6, 6.07) is 5.56. The molecule has 0 radical (unpaired) electrons. The average Bonchev–Trinajstić information content (AvgIpc) is 2.76. The van der Waals surface area contributed by atoms with Crippen LogP contribution in [0.2, 0.25) is 0 Å². The van der Waals surface area contributed by atoms with Crippen LogP contribution >= 0.6 is 0 Å². The molecule has 0 saturated heterocycles. The van der Waals surface area contributed by atoms with E-state index < -0.39 is 5.97 Å². The standard InChI is InChI=1S/C20H29N5O4/c1-24-16-8-7-14(6-4-2-3-5-10-23-20(21)22)12-15(16)19(29)25(13-17(24)26)11-9-18(27)28/h7-8,12H,2-6,9-11,13H2,1H3,(H,27,28)(H4,21,22,23)/p+1. The minimum absolute atomic E-state index is 0.0101. The van der Waals surface area contributed by atoms with Crippen LogP contribution < -0.4 is 21.4 Å². The first-order valence-electron chi connectivity index (χ1n) is 9.82. The Morgan fingerprint density at radius 3 is 2.59 bits per heavy atom. The number of benzene rings is 1. The number of carbonyl (C=O) groups excluding carboxylic acids is 2. The van der Waals surface area contributed by atoms with E-state index in [0.717, 1.165) is 44.2 Å². The summed E-state index contributed by atoms with van der Waals surface area (Å²) >= 11 is 0. The second-order valence-electron chi connectivity index (χ2n) is 7.22. The van der Waals surface area contributed by atoms with Gasteiger partial charge in [0.15, 0.2) is 0 Å². The topological polar surface area (TPSA) is 144 Å². The fourth-order valence-corrected chi connectivity index (χ4v) is 3.30. The summed E-state index contributed by atoms with van der Waals surface area (Å²) < 4.78 is 0. The number of likely N-dealkylation sites (N-methyl/N-ethyl adjacent to an activating group) is 1. The average molecular weight is 404 g/mol. The van der Waals surface area contributed by atoms with E-state index in [1.807, 2.05) is 12.1 Å². The lowest BCUT2D eigenvalue weighted by molar-refractivity contribution is -0.459. The van der Waals surface area contributed by atoms with Crippen LogP contribution in [0.1, 0.15) is 48.0 Å². The highest BCUT2D eigenvalue weighted by molar-refractivity contribution is 6.09. The third-order valence-corrected chi connectivity index (χ3v) is 4.96. The molecule has 1 aromatic rings. The van der Waals surface area contributed by atoms with Crippen molar-refractivity contribution in [1.82, 2.24) is 4.90 Å². The Hall–Kier alpha value is -3.10. The van der Waals surface area contributed by atoms with Crippen LogP contribution in [0.3, 0.4) is 0 Å². The van der Waals surface area contributed by atoms with Crippen molar-refractivity contribution in [3.05, 3.63) is 29.3 Å². The van der Waals surface area contributed by atoms with E-state index in [1.165, 1.54) is 9.80 Å². The van der Waals surface area contributed by atoms with Crippen LogP contribution in [0, 0.1) is 0 Å². The summed E-state index contributed by atoms with van der Waals surface area (Å²) in [5.74, 6) is -1.30. The summed E-state index contributed by atoms with van der Waals surface area (Å²) in [4.78, 5) is 41.8. The quantitative estimate of drug-likeness (QED) is 0.225.